The maximum Gasteiger partial charge on any atom is 0.355 e. The molecule has 0 saturated carbocycles. The van der Waals surface area contributed by atoms with Crippen molar-refractivity contribution >= 4 is 51.2 Å². The maximum absolute atomic E-state index is 13.6. The Morgan fingerprint density at radius 2 is 1.42 bits per heavy atom. The molecule has 0 saturated heterocycles. The number of methoxy groups -OCH3 is 4. The molecule has 0 N–H and O–H groups in total. The van der Waals surface area contributed by atoms with Crippen molar-refractivity contribution in [2.24, 2.45) is 0 Å². The van der Waals surface area contributed by atoms with E-state index in [2.05, 4.69) is 15.7 Å². The number of fused-ring (bicyclic) bond motifs is 2. The standard InChI is InChI=1S/C29H29N3O5S.C9H11ClO2/c1-5-13-37-21-8-11-25-22(16-21)27(18-7-10-23-24(15-18)31-38-30-23)28(29(33)36-6-2)32(25)17-19-14-20(34-3)9-12-26(19)35-4;1-11-8-3-4-9(12-2)7(5-8)6-10/h7-12,14-16H,5-6,13,17H2,1-4H3;3-5H,6H2,1-2H3. The summed E-state index contributed by atoms with van der Waals surface area (Å²) in [7, 11) is 6.50. The second kappa shape index (κ2) is 17.1. The van der Waals surface area contributed by atoms with Crippen molar-refractivity contribution in [3.63, 3.8) is 0 Å². The topological polar surface area (TPSA) is 103 Å². The predicted molar refractivity (Wildman–Crippen MR) is 198 cm³/mol. The lowest BCUT2D eigenvalue weighted by Crippen LogP contribution is -2.14. The molecule has 2 heterocycles. The number of hydrogen-bond donors (Lipinski definition) is 0. The quantitative estimate of drug-likeness (QED) is 0.0857. The highest BCUT2D eigenvalue weighted by molar-refractivity contribution is 7.00. The monoisotopic (exact) mass is 717 g/mol. The fourth-order valence-electron chi connectivity index (χ4n) is 5.61. The molecule has 0 atom stereocenters. The lowest BCUT2D eigenvalue weighted by Gasteiger charge is -2.15. The molecular weight excluding hydrogens is 678 g/mol. The van der Waals surface area contributed by atoms with E-state index in [1.165, 1.54) is 0 Å². The number of alkyl halides is 1. The molecule has 0 radical (unpaired) electrons. The van der Waals surface area contributed by atoms with Gasteiger partial charge < -0.3 is 33.0 Å². The van der Waals surface area contributed by atoms with Gasteiger partial charge in [0.2, 0.25) is 0 Å². The average Bonchev–Trinajstić information content (AvgIpc) is 3.75. The summed E-state index contributed by atoms with van der Waals surface area (Å²) in [4.78, 5) is 13.6. The first-order valence-electron chi connectivity index (χ1n) is 16.1. The van der Waals surface area contributed by atoms with Gasteiger partial charge in [-0.25, -0.2) is 4.79 Å². The lowest BCUT2D eigenvalue weighted by atomic mass is 10.0. The minimum absolute atomic E-state index is 0.252. The number of aromatic nitrogens is 3. The minimum atomic E-state index is -0.409. The molecule has 0 spiro atoms. The van der Waals surface area contributed by atoms with Gasteiger partial charge in [0.05, 0.1) is 65.8 Å². The third-order valence-corrected chi connectivity index (χ3v) is 8.81. The van der Waals surface area contributed by atoms with Crippen LogP contribution in [0, 0.1) is 0 Å². The molecule has 0 bridgehead atoms. The van der Waals surface area contributed by atoms with Crippen LogP contribution in [-0.4, -0.2) is 60.9 Å². The summed E-state index contributed by atoms with van der Waals surface area (Å²) >= 11 is 6.87. The molecule has 262 valence electrons. The van der Waals surface area contributed by atoms with Gasteiger partial charge in [-0.2, -0.15) is 8.75 Å². The van der Waals surface area contributed by atoms with Crippen LogP contribution in [0.4, 0.5) is 0 Å². The normalized spacial score (nSPS) is 10.8. The smallest absolute Gasteiger partial charge is 0.355 e. The highest BCUT2D eigenvalue weighted by Crippen LogP contribution is 2.40. The fourth-order valence-corrected chi connectivity index (χ4v) is 6.34. The van der Waals surface area contributed by atoms with E-state index in [0.717, 1.165) is 79.6 Å². The zero-order valence-electron chi connectivity index (χ0n) is 28.9. The first-order valence-corrected chi connectivity index (χ1v) is 17.3. The zero-order valence-corrected chi connectivity index (χ0v) is 30.5. The van der Waals surface area contributed by atoms with E-state index in [4.69, 9.17) is 40.0 Å². The van der Waals surface area contributed by atoms with Crippen LogP contribution in [0.2, 0.25) is 0 Å². The van der Waals surface area contributed by atoms with Crippen LogP contribution in [0.5, 0.6) is 28.7 Å². The van der Waals surface area contributed by atoms with Crippen molar-refractivity contribution in [2.75, 3.05) is 41.7 Å². The molecule has 0 aliphatic heterocycles. The summed E-state index contributed by atoms with van der Waals surface area (Å²) in [5.41, 5.74) is 6.32. The van der Waals surface area contributed by atoms with E-state index in [1.807, 2.05) is 77.4 Å². The van der Waals surface area contributed by atoms with Crippen LogP contribution in [0.3, 0.4) is 0 Å². The Labute approximate surface area is 300 Å². The summed E-state index contributed by atoms with van der Waals surface area (Å²) in [6.45, 7) is 5.09. The highest BCUT2D eigenvalue weighted by Gasteiger charge is 2.27. The molecule has 0 unspecified atom stereocenters. The number of ether oxygens (including phenoxy) is 6. The molecule has 0 aliphatic carbocycles. The lowest BCUT2D eigenvalue weighted by molar-refractivity contribution is 0.0516. The Bertz CT molecular complexity index is 2080. The number of carbonyl (C=O) groups is 1. The second-order valence-corrected chi connectivity index (χ2v) is 11.8. The van der Waals surface area contributed by atoms with Crippen LogP contribution in [0.1, 0.15) is 41.9 Å². The third-order valence-electron chi connectivity index (χ3n) is 7.97. The first-order chi connectivity index (χ1) is 24.4. The van der Waals surface area contributed by atoms with Gasteiger partial charge in [-0.3, -0.25) is 0 Å². The maximum atomic E-state index is 13.6. The molecule has 0 amide bonds. The Morgan fingerprint density at radius 3 is 2.06 bits per heavy atom. The van der Waals surface area contributed by atoms with Crippen molar-refractivity contribution < 1.29 is 33.2 Å². The summed E-state index contributed by atoms with van der Waals surface area (Å²) in [5.74, 6) is 3.75. The van der Waals surface area contributed by atoms with Gasteiger partial charge in [-0.15, -0.1) is 11.6 Å². The predicted octanol–water partition coefficient (Wildman–Crippen LogP) is 8.79. The van der Waals surface area contributed by atoms with Crippen LogP contribution < -0.4 is 23.7 Å². The Morgan fingerprint density at radius 1 is 0.760 bits per heavy atom. The van der Waals surface area contributed by atoms with Gasteiger partial charge in [0, 0.05) is 27.6 Å². The summed E-state index contributed by atoms with van der Waals surface area (Å²) < 4.78 is 43.6. The summed E-state index contributed by atoms with van der Waals surface area (Å²) in [6, 6.07) is 23.0. The van der Waals surface area contributed by atoms with Crippen molar-refractivity contribution in [3.05, 3.63) is 89.6 Å². The number of esters is 1. The summed E-state index contributed by atoms with van der Waals surface area (Å²) in [6.07, 6.45) is 0.892. The number of rotatable bonds is 13. The van der Waals surface area contributed by atoms with Crippen LogP contribution >= 0.6 is 23.3 Å². The van der Waals surface area contributed by atoms with E-state index in [-0.39, 0.29) is 6.61 Å². The number of nitrogens with zero attached hydrogens (tertiary/aromatic N) is 3. The first kappa shape index (κ1) is 36.3. The fraction of sp³-hybridized carbons (Fsp3) is 0.289. The third kappa shape index (κ3) is 7.90. The van der Waals surface area contributed by atoms with E-state index < -0.39 is 5.97 Å². The van der Waals surface area contributed by atoms with Crippen LogP contribution in [-0.2, 0) is 17.2 Å². The SMILES string of the molecule is CCCOc1ccc2c(c1)c(-c1ccc3nsnc3c1)c(C(=O)OCC)n2Cc1cc(OC)ccc1OC.COc1ccc(OC)c(CCl)c1. The van der Waals surface area contributed by atoms with Gasteiger partial charge in [0.15, 0.2) is 0 Å². The Balaban J connectivity index is 0.000000343. The molecule has 10 nitrogen and oxygen atoms in total. The van der Waals surface area contributed by atoms with Gasteiger partial charge in [0.1, 0.15) is 45.5 Å². The Kier molecular flexibility index (Phi) is 12.4. The molecule has 4 aromatic carbocycles. The van der Waals surface area contributed by atoms with E-state index in [9.17, 15) is 4.79 Å². The number of benzene rings is 4. The van der Waals surface area contributed by atoms with E-state index in [0.29, 0.717) is 36.2 Å². The molecule has 6 aromatic rings. The van der Waals surface area contributed by atoms with Gasteiger partial charge >= 0.3 is 5.97 Å². The molecule has 0 aliphatic rings. The van der Waals surface area contributed by atoms with Crippen LogP contribution in [0.15, 0.2) is 72.8 Å². The van der Waals surface area contributed by atoms with E-state index in [1.54, 1.807) is 35.4 Å². The zero-order chi connectivity index (χ0) is 35.6. The highest BCUT2D eigenvalue weighted by atomic mass is 35.5. The van der Waals surface area contributed by atoms with Crippen molar-refractivity contribution in [1.82, 2.24) is 13.3 Å². The second-order valence-electron chi connectivity index (χ2n) is 11.0. The van der Waals surface area contributed by atoms with Crippen molar-refractivity contribution in [3.8, 4) is 39.9 Å². The molecular formula is C38H40ClN3O7S. The van der Waals surface area contributed by atoms with E-state index >= 15 is 0 Å². The largest absolute Gasteiger partial charge is 0.497 e. The molecule has 6 rings (SSSR count). The number of halogens is 1. The average molecular weight is 718 g/mol. The summed E-state index contributed by atoms with van der Waals surface area (Å²) in [5, 5.41) is 0.881. The molecule has 12 heteroatoms. The van der Waals surface area contributed by atoms with Crippen molar-refractivity contribution in [1.29, 1.82) is 0 Å². The number of carbonyl (C=O) groups excluding carboxylic acids is 1. The van der Waals surface area contributed by atoms with Gasteiger partial charge in [-0.1, -0.05) is 13.0 Å². The Hall–Kier alpha value is -5.00. The molecule has 0 fully saturated rings. The van der Waals surface area contributed by atoms with Crippen molar-refractivity contribution in [2.45, 2.75) is 32.7 Å². The number of hydrogen-bond acceptors (Lipinski definition) is 10. The van der Waals surface area contributed by atoms with Gasteiger partial charge in [0.25, 0.3) is 0 Å². The molecule has 2 aromatic heterocycles. The molecule has 50 heavy (non-hydrogen) atoms. The van der Waals surface area contributed by atoms with Gasteiger partial charge in [-0.05, 0) is 85.6 Å². The minimum Gasteiger partial charge on any atom is -0.497 e. The van der Waals surface area contributed by atoms with Crippen LogP contribution in [0.25, 0.3) is 33.1 Å².